The maximum atomic E-state index is 5.80. The normalized spacial score (nSPS) is 12.3. The van der Waals surface area contributed by atoms with Gasteiger partial charge in [-0.05, 0) is 97.1 Å². The number of hydrogen-bond acceptors (Lipinski definition) is 1. The molecule has 0 bridgehead atoms. The Morgan fingerprint density at radius 1 is 0.250 bits per heavy atom. The quantitative estimate of drug-likeness (QED) is 0.157. The van der Waals surface area contributed by atoms with Gasteiger partial charge < -0.3 is 4.57 Å². The molecule has 4 aromatic heterocycles. The number of para-hydroxylation sites is 5. The van der Waals surface area contributed by atoms with Crippen molar-refractivity contribution in [1.29, 1.82) is 0 Å². The van der Waals surface area contributed by atoms with E-state index in [9.17, 15) is 0 Å². The molecule has 0 N–H and O–H groups in total. The molecular weight excluding hydrogens is 797 g/mol. The van der Waals surface area contributed by atoms with E-state index >= 15 is 0 Å². The molecule has 0 aliphatic carbocycles. The van der Waals surface area contributed by atoms with Gasteiger partial charge >= 0.3 is 0 Å². The van der Waals surface area contributed by atoms with Crippen LogP contribution in [0, 0.1) is 0 Å². The predicted octanol–water partition coefficient (Wildman–Crippen LogP) is 15.7. The van der Waals surface area contributed by atoms with Crippen molar-refractivity contribution in [3.8, 4) is 17.3 Å². The summed E-state index contributed by atoms with van der Waals surface area (Å²) in [5.74, 6) is 1.74. The molecule has 0 unspecified atom stereocenters. The summed E-state index contributed by atoms with van der Waals surface area (Å²) in [5.41, 5.74) is 7.96. The molecule has 0 aliphatic rings. The van der Waals surface area contributed by atoms with Crippen molar-refractivity contribution in [3.63, 3.8) is 0 Å². The summed E-state index contributed by atoms with van der Waals surface area (Å²) < 4.78 is 7.18. The zero-order chi connectivity index (χ0) is 42.2. The Morgan fingerprint density at radius 3 is 0.953 bits per heavy atom. The van der Waals surface area contributed by atoms with E-state index in [0.717, 1.165) is 39.4 Å². The Morgan fingerprint density at radius 2 is 0.562 bits per heavy atom. The maximum absolute atomic E-state index is 5.80. The van der Waals surface area contributed by atoms with Gasteiger partial charge in [-0.1, -0.05) is 146 Å². The lowest BCUT2D eigenvalue weighted by Gasteiger charge is -2.42. The van der Waals surface area contributed by atoms with E-state index in [1.807, 2.05) is 0 Å². The van der Waals surface area contributed by atoms with Crippen LogP contribution in [0.4, 0.5) is 0 Å². The lowest BCUT2D eigenvalue weighted by Crippen LogP contribution is -2.10. The third-order valence-electron chi connectivity index (χ3n) is 12.9. The number of aromatic nitrogens is 4. The van der Waals surface area contributed by atoms with Crippen LogP contribution in [0.15, 0.2) is 262 Å². The monoisotopic (exact) mass is 836 g/mol. The molecule has 13 aromatic rings. The predicted molar refractivity (Wildman–Crippen MR) is 267 cm³/mol. The van der Waals surface area contributed by atoms with Gasteiger partial charge in [0.15, 0.2) is 0 Å². The van der Waals surface area contributed by atoms with Gasteiger partial charge in [0, 0.05) is 57.6 Å². The number of fused-ring (bicyclic) bond motifs is 9. The van der Waals surface area contributed by atoms with Crippen LogP contribution in [0.3, 0.4) is 0 Å². The van der Waals surface area contributed by atoms with Crippen molar-refractivity contribution in [1.82, 2.24) is 18.7 Å². The van der Waals surface area contributed by atoms with Gasteiger partial charge in [-0.15, -0.1) is 10.0 Å². The fraction of sp³-hybridized carbons (Fsp3) is 0. The molecule has 64 heavy (non-hydrogen) atoms. The minimum Gasteiger partial charge on any atom is -0.309 e. The highest BCUT2D eigenvalue weighted by Crippen LogP contribution is 2.73. The fourth-order valence-corrected chi connectivity index (χ4v) is 14.2. The van der Waals surface area contributed by atoms with Crippen LogP contribution in [0.1, 0.15) is 0 Å². The average Bonchev–Trinajstić information content (AvgIpc) is 4.01. The highest BCUT2D eigenvalue weighted by atomic mass is 32.3. The lowest BCUT2D eigenvalue weighted by molar-refractivity contribution is 0.991. The number of benzene rings is 9. The van der Waals surface area contributed by atoms with Crippen LogP contribution < -0.4 is 0 Å². The summed E-state index contributed by atoms with van der Waals surface area (Å²) in [5, 5.41) is 7.26. The molecule has 0 saturated heterocycles. The Kier molecular flexibility index (Phi) is 8.27. The lowest BCUT2D eigenvalue weighted by atomic mass is 10.1. The fourth-order valence-electron chi connectivity index (χ4n) is 10.3. The SMILES string of the molecule is c1ccc(S(c2ccccc2)(c2ccccc2)c2cc(-n3c4ccccc4c4ccccc43)nc(-n3c4ccccc4c4cc(-n5c6ccccc6c6ccccc65)ccc43)c2)cc1. The summed E-state index contributed by atoms with van der Waals surface area (Å²) in [6.07, 6.45) is 0. The molecule has 5 heteroatoms. The number of rotatable bonds is 7. The molecule has 0 amide bonds. The van der Waals surface area contributed by atoms with Gasteiger partial charge in [0.05, 0.1) is 33.1 Å². The van der Waals surface area contributed by atoms with E-state index in [0.29, 0.717) is 0 Å². The summed E-state index contributed by atoms with van der Waals surface area (Å²) in [4.78, 5) is 10.8. The molecule has 0 spiro atoms. The molecule has 4 nitrogen and oxygen atoms in total. The molecule has 0 aliphatic heterocycles. The number of pyridine rings is 1. The Bertz CT molecular complexity index is 3700. The second-order valence-corrected chi connectivity index (χ2v) is 19.5. The summed E-state index contributed by atoms with van der Waals surface area (Å²) >= 11 is 0. The molecule has 4 heterocycles. The Labute approximate surface area is 371 Å². The molecular formula is C59H40N4S. The summed E-state index contributed by atoms with van der Waals surface area (Å²) in [7, 11) is -2.10. The zero-order valence-electron chi connectivity index (χ0n) is 34.8. The van der Waals surface area contributed by atoms with Gasteiger partial charge in [0.2, 0.25) is 0 Å². The van der Waals surface area contributed by atoms with Crippen LogP contribution in [-0.4, -0.2) is 18.7 Å². The second-order valence-electron chi connectivity index (χ2n) is 16.4. The van der Waals surface area contributed by atoms with Crippen LogP contribution in [0.5, 0.6) is 0 Å². The molecule has 302 valence electrons. The van der Waals surface area contributed by atoms with Crippen LogP contribution in [0.25, 0.3) is 82.7 Å². The smallest absolute Gasteiger partial charge is 0.141 e. The van der Waals surface area contributed by atoms with Crippen LogP contribution in [-0.2, 0) is 0 Å². The van der Waals surface area contributed by atoms with Gasteiger partial charge in [-0.3, -0.25) is 9.13 Å². The Hall–Kier alpha value is -8.12. The van der Waals surface area contributed by atoms with E-state index in [1.54, 1.807) is 0 Å². The minimum atomic E-state index is -2.10. The minimum absolute atomic E-state index is 0.866. The first-order chi connectivity index (χ1) is 31.8. The van der Waals surface area contributed by atoms with Crippen molar-refractivity contribution < 1.29 is 0 Å². The molecule has 9 aromatic carbocycles. The van der Waals surface area contributed by atoms with E-state index in [-0.39, 0.29) is 0 Å². The van der Waals surface area contributed by atoms with Crippen molar-refractivity contribution in [3.05, 3.63) is 243 Å². The van der Waals surface area contributed by atoms with E-state index in [1.165, 1.54) is 62.9 Å². The molecule has 0 fully saturated rings. The van der Waals surface area contributed by atoms with Gasteiger partial charge in [-0.25, -0.2) is 4.98 Å². The first kappa shape index (κ1) is 36.5. The van der Waals surface area contributed by atoms with Crippen LogP contribution in [0.2, 0.25) is 0 Å². The maximum Gasteiger partial charge on any atom is 0.141 e. The van der Waals surface area contributed by atoms with Crippen molar-refractivity contribution >= 4 is 75.4 Å². The van der Waals surface area contributed by atoms with E-state index in [4.69, 9.17) is 4.98 Å². The first-order valence-corrected chi connectivity index (χ1v) is 23.4. The topological polar surface area (TPSA) is 27.7 Å². The third kappa shape index (κ3) is 5.35. The highest BCUT2D eigenvalue weighted by Gasteiger charge is 2.35. The average molecular weight is 837 g/mol. The highest BCUT2D eigenvalue weighted by molar-refractivity contribution is 8.34. The zero-order valence-corrected chi connectivity index (χ0v) is 35.6. The van der Waals surface area contributed by atoms with Gasteiger partial charge in [0.1, 0.15) is 11.6 Å². The van der Waals surface area contributed by atoms with E-state index in [2.05, 4.69) is 256 Å². The molecule has 0 atom stereocenters. The van der Waals surface area contributed by atoms with Crippen LogP contribution >= 0.6 is 10.0 Å². The number of hydrogen-bond donors (Lipinski definition) is 0. The summed E-state index contributed by atoms with van der Waals surface area (Å²) in [6.45, 7) is 0. The molecule has 0 saturated carbocycles. The summed E-state index contributed by atoms with van der Waals surface area (Å²) in [6, 6.07) is 88.8. The largest absolute Gasteiger partial charge is 0.309 e. The Balaban J connectivity index is 1.16. The van der Waals surface area contributed by atoms with Crippen molar-refractivity contribution in [2.24, 2.45) is 0 Å². The van der Waals surface area contributed by atoms with Crippen molar-refractivity contribution in [2.75, 3.05) is 0 Å². The second kappa shape index (κ2) is 14.5. The molecule has 0 radical (unpaired) electrons. The standard InChI is InChI=1S/C59H40N4S/c1-4-20-42(21-5-1)64(43-22-6-2-7-23-43,44-24-8-3-9-25-44)45-39-58(62-54-33-17-12-28-48(54)49-29-13-18-34-55(49)62)60-59(40-45)63-56-35-19-14-30-50(56)51-38-41(36-37-57(51)63)61-52-31-15-10-26-46(52)47-27-11-16-32-53(47)61/h1-40H. The first-order valence-electron chi connectivity index (χ1n) is 21.8. The van der Waals surface area contributed by atoms with E-state index < -0.39 is 10.0 Å². The number of nitrogens with zero attached hydrogens (tertiary/aromatic N) is 4. The van der Waals surface area contributed by atoms with Gasteiger partial charge in [0.25, 0.3) is 0 Å². The molecule has 13 rings (SSSR count). The third-order valence-corrected chi connectivity index (χ3v) is 16.8. The van der Waals surface area contributed by atoms with Gasteiger partial charge in [-0.2, -0.15) is 0 Å². The van der Waals surface area contributed by atoms with Crippen molar-refractivity contribution in [2.45, 2.75) is 19.6 Å².